The van der Waals surface area contributed by atoms with Gasteiger partial charge in [0.2, 0.25) is 0 Å². The summed E-state index contributed by atoms with van der Waals surface area (Å²) in [4.78, 5) is 31.7. The number of carbonyl (C=O) groups excluding carboxylic acids is 2. The molecular weight excluding hydrogens is 350 g/mol. The van der Waals surface area contributed by atoms with E-state index in [1.165, 1.54) is 0 Å². The summed E-state index contributed by atoms with van der Waals surface area (Å²) in [6, 6.07) is 18.7. The molecule has 2 heterocycles. The van der Waals surface area contributed by atoms with Gasteiger partial charge in [0.25, 0.3) is 11.8 Å². The third-order valence-corrected chi connectivity index (χ3v) is 4.96. The number of amides is 2. The van der Waals surface area contributed by atoms with Crippen molar-refractivity contribution in [2.45, 2.75) is 20.3 Å². The number of nitrogens with one attached hydrogen (secondary N) is 1. The first-order valence-electron chi connectivity index (χ1n) is 9.28. The smallest absolute Gasteiger partial charge is 0.276 e. The highest BCUT2D eigenvalue weighted by molar-refractivity contribution is 6.08. The SMILES string of the molecule is Cc1ccc(NC(=O)c2cccc(C(=O)N3CCc4ccccc43)n2)c(C)c1. The summed E-state index contributed by atoms with van der Waals surface area (Å²) in [5.74, 6) is -0.519. The number of pyridine rings is 1. The Balaban J connectivity index is 1.56. The fraction of sp³-hybridized carbons (Fsp3) is 0.174. The molecule has 0 atom stereocenters. The Morgan fingerprint density at radius 3 is 2.57 bits per heavy atom. The predicted molar refractivity (Wildman–Crippen MR) is 110 cm³/mol. The van der Waals surface area contributed by atoms with E-state index in [0.717, 1.165) is 34.5 Å². The van der Waals surface area contributed by atoms with Crippen molar-refractivity contribution in [2.24, 2.45) is 0 Å². The Morgan fingerprint density at radius 1 is 0.964 bits per heavy atom. The van der Waals surface area contributed by atoms with Crippen LogP contribution in [0.2, 0.25) is 0 Å². The molecule has 140 valence electrons. The van der Waals surface area contributed by atoms with Crippen molar-refractivity contribution in [2.75, 3.05) is 16.8 Å². The molecule has 0 unspecified atom stereocenters. The van der Waals surface area contributed by atoms with E-state index in [4.69, 9.17) is 0 Å². The average molecular weight is 371 g/mol. The van der Waals surface area contributed by atoms with Gasteiger partial charge in [-0.15, -0.1) is 0 Å². The number of fused-ring (bicyclic) bond motifs is 1. The first-order valence-corrected chi connectivity index (χ1v) is 9.28. The maximum Gasteiger partial charge on any atom is 0.276 e. The highest BCUT2D eigenvalue weighted by Crippen LogP contribution is 2.28. The van der Waals surface area contributed by atoms with Crippen molar-refractivity contribution in [1.29, 1.82) is 0 Å². The van der Waals surface area contributed by atoms with Crippen molar-refractivity contribution in [3.63, 3.8) is 0 Å². The van der Waals surface area contributed by atoms with Crippen LogP contribution in [0, 0.1) is 13.8 Å². The Bertz CT molecular complexity index is 1070. The van der Waals surface area contributed by atoms with Crippen LogP contribution >= 0.6 is 0 Å². The number of hydrogen-bond acceptors (Lipinski definition) is 3. The van der Waals surface area contributed by atoms with Crippen LogP contribution in [0.25, 0.3) is 0 Å². The minimum Gasteiger partial charge on any atom is -0.320 e. The Morgan fingerprint density at radius 2 is 1.75 bits per heavy atom. The molecule has 2 amide bonds. The van der Waals surface area contributed by atoms with Crippen LogP contribution in [-0.4, -0.2) is 23.3 Å². The van der Waals surface area contributed by atoms with Crippen LogP contribution in [0.4, 0.5) is 11.4 Å². The normalized spacial score (nSPS) is 12.6. The lowest BCUT2D eigenvalue weighted by Gasteiger charge is -2.17. The van der Waals surface area contributed by atoms with E-state index in [2.05, 4.69) is 10.3 Å². The van der Waals surface area contributed by atoms with Crippen molar-refractivity contribution in [3.05, 3.63) is 88.7 Å². The van der Waals surface area contributed by atoms with E-state index in [9.17, 15) is 9.59 Å². The molecule has 3 aromatic rings. The van der Waals surface area contributed by atoms with Gasteiger partial charge in [0.15, 0.2) is 0 Å². The van der Waals surface area contributed by atoms with E-state index in [0.29, 0.717) is 6.54 Å². The zero-order valence-corrected chi connectivity index (χ0v) is 15.9. The van der Waals surface area contributed by atoms with Gasteiger partial charge in [0.05, 0.1) is 0 Å². The minimum absolute atomic E-state index is 0.189. The van der Waals surface area contributed by atoms with Gasteiger partial charge in [-0.1, -0.05) is 42.0 Å². The molecule has 0 saturated carbocycles. The van der Waals surface area contributed by atoms with Gasteiger partial charge >= 0.3 is 0 Å². The fourth-order valence-corrected chi connectivity index (χ4v) is 3.51. The summed E-state index contributed by atoms with van der Waals surface area (Å²) >= 11 is 0. The highest BCUT2D eigenvalue weighted by atomic mass is 16.2. The van der Waals surface area contributed by atoms with Gasteiger partial charge in [-0.25, -0.2) is 4.98 Å². The monoisotopic (exact) mass is 371 g/mol. The van der Waals surface area contributed by atoms with Crippen molar-refractivity contribution >= 4 is 23.2 Å². The van der Waals surface area contributed by atoms with Crippen molar-refractivity contribution < 1.29 is 9.59 Å². The lowest BCUT2D eigenvalue weighted by molar-refractivity contribution is 0.0984. The quantitative estimate of drug-likeness (QED) is 0.752. The molecule has 4 rings (SSSR count). The molecule has 0 fully saturated rings. The maximum atomic E-state index is 13.0. The largest absolute Gasteiger partial charge is 0.320 e. The molecule has 2 aromatic carbocycles. The lowest BCUT2D eigenvalue weighted by Crippen LogP contribution is -2.30. The van der Waals surface area contributed by atoms with Crippen LogP contribution in [0.3, 0.4) is 0 Å². The third-order valence-electron chi connectivity index (χ3n) is 4.96. The second-order valence-electron chi connectivity index (χ2n) is 7.02. The van der Waals surface area contributed by atoms with Crippen LogP contribution in [0.5, 0.6) is 0 Å². The van der Waals surface area contributed by atoms with Gasteiger partial charge in [0.1, 0.15) is 11.4 Å². The summed E-state index contributed by atoms with van der Waals surface area (Å²) in [6.45, 7) is 4.57. The van der Waals surface area contributed by atoms with Crippen LogP contribution in [0.15, 0.2) is 60.7 Å². The van der Waals surface area contributed by atoms with Gasteiger partial charge in [-0.3, -0.25) is 9.59 Å². The van der Waals surface area contributed by atoms with E-state index in [-0.39, 0.29) is 23.2 Å². The first kappa shape index (κ1) is 17.9. The Kier molecular flexibility index (Phi) is 4.65. The number of para-hydroxylation sites is 1. The summed E-state index contributed by atoms with van der Waals surface area (Å²) in [5, 5.41) is 2.88. The summed E-state index contributed by atoms with van der Waals surface area (Å²) in [5.41, 5.74) is 5.41. The number of nitrogens with zero attached hydrogens (tertiary/aromatic N) is 2. The molecule has 1 aliphatic heterocycles. The van der Waals surface area contributed by atoms with E-state index in [1.54, 1.807) is 23.1 Å². The predicted octanol–water partition coefficient (Wildman–Crippen LogP) is 4.15. The van der Waals surface area contributed by atoms with Crippen LogP contribution in [0.1, 0.15) is 37.7 Å². The molecule has 0 radical (unpaired) electrons. The van der Waals surface area contributed by atoms with Gasteiger partial charge in [0, 0.05) is 17.9 Å². The number of benzene rings is 2. The molecule has 0 saturated heterocycles. The number of anilines is 2. The molecular formula is C23H21N3O2. The summed E-state index contributed by atoms with van der Waals surface area (Å²) in [7, 11) is 0. The molecule has 5 heteroatoms. The summed E-state index contributed by atoms with van der Waals surface area (Å²) < 4.78 is 0. The molecule has 1 N–H and O–H groups in total. The van der Waals surface area contributed by atoms with Crippen LogP contribution < -0.4 is 10.2 Å². The van der Waals surface area contributed by atoms with Crippen LogP contribution in [-0.2, 0) is 6.42 Å². The second-order valence-corrected chi connectivity index (χ2v) is 7.02. The topological polar surface area (TPSA) is 62.3 Å². The number of carbonyl (C=O) groups is 2. The van der Waals surface area contributed by atoms with Crippen molar-refractivity contribution in [1.82, 2.24) is 4.98 Å². The number of aromatic nitrogens is 1. The van der Waals surface area contributed by atoms with Crippen molar-refractivity contribution in [3.8, 4) is 0 Å². The van der Waals surface area contributed by atoms with E-state index in [1.807, 2.05) is 56.3 Å². The standard InChI is InChI=1S/C23H21N3O2/c1-15-10-11-18(16(2)14-15)25-22(27)19-7-5-8-20(24-19)23(28)26-13-12-17-6-3-4-9-21(17)26/h3-11,14H,12-13H2,1-2H3,(H,25,27). The highest BCUT2D eigenvalue weighted by Gasteiger charge is 2.26. The second kappa shape index (κ2) is 7.27. The van der Waals surface area contributed by atoms with E-state index < -0.39 is 0 Å². The number of rotatable bonds is 3. The number of hydrogen-bond donors (Lipinski definition) is 1. The molecule has 0 spiro atoms. The zero-order valence-electron chi connectivity index (χ0n) is 15.9. The first-order chi connectivity index (χ1) is 13.5. The molecule has 28 heavy (non-hydrogen) atoms. The molecule has 0 aliphatic carbocycles. The van der Waals surface area contributed by atoms with Gasteiger partial charge < -0.3 is 10.2 Å². The fourth-order valence-electron chi connectivity index (χ4n) is 3.51. The lowest BCUT2D eigenvalue weighted by atomic mass is 10.1. The molecule has 1 aromatic heterocycles. The molecule has 1 aliphatic rings. The van der Waals surface area contributed by atoms with Gasteiger partial charge in [-0.2, -0.15) is 0 Å². The Labute approximate surface area is 164 Å². The average Bonchev–Trinajstić information content (AvgIpc) is 3.14. The summed E-state index contributed by atoms with van der Waals surface area (Å²) in [6.07, 6.45) is 0.828. The molecule has 5 nitrogen and oxygen atoms in total. The molecule has 0 bridgehead atoms. The number of aryl methyl sites for hydroxylation is 2. The van der Waals surface area contributed by atoms with E-state index >= 15 is 0 Å². The van der Waals surface area contributed by atoms with Gasteiger partial charge in [-0.05, 0) is 55.7 Å². The Hall–Kier alpha value is -3.47. The third kappa shape index (κ3) is 3.39. The maximum absolute atomic E-state index is 13.0. The zero-order chi connectivity index (χ0) is 19.7. The minimum atomic E-state index is -0.330.